The number of hydrogen-bond donors (Lipinski definition) is 1. The Morgan fingerprint density at radius 3 is 2.68 bits per heavy atom. The third-order valence-corrected chi connectivity index (χ3v) is 4.43. The minimum atomic E-state index is -0.302. The summed E-state index contributed by atoms with van der Waals surface area (Å²) in [6, 6.07) is 11.7. The van der Waals surface area contributed by atoms with Crippen molar-refractivity contribution in [1.82, 2.24) is 10.2 Å². The average molecular weight is 341 g/mol. The van der Waals surface area contributed by atoms with Gasteiger partial charge < -0.3 is 19.5 Å². The lowest BCUT2D eigenvalue weighted by molar-refractivity contribution is -0.129. The lowest BCUT2D eigenvalue weighted by Crippen LogP contribution is -2.32. The number of rotatable bonds is 6. The Morgan fingerprint density at radius 1 is 1.28 bits per heavy atom. The van der Waals surface area contributed by atoms with Crippen LogP contribution < -0.4 is 10.2 Å². The van der Waals surface area contributed by atoms with E-state index in [1.54, 1.807) is 17.2 Å². The molecule has 1 aliphatic heterocycles. The zero-order chi connectivity index (χ0) is 17.8. The van der Waals surface area contributed by atoms with Crippen molar-refractivity contribution in [3.8, 4) is 0 Å². The molecule has 2 amide bonds. The number of benzene rings is 1. The summed E-state index contributed by atoms with van der Waals surface area (Å²) in [5.74, 6) is 0.345. The first-order valence-electron chi connectivity index (χ1n) is 8.37. The Morgan fingerprint density at radius 2 is 2.04 bits per heavy atom. The van der Waals surface area contributed by atoms with Gasteiger partial charge in [0.05, 0.1) is 18.7 Å². The van der Waals surface area contributed by atoms with Gasteiger partial charge in [-0.2, -0.15) is 0 Å². The van der Waals surface area contributed by atoms with E-state index in [1.807, 2.05) is 49.3 Å². The standard InChI is InChI=1S/C19H23N3O3/c1-21(2)16-7-5-14(6-8-16)11-20-19(24)15-10-18(23)22(12-15)13-17-4-3-9-25-17/h3-9,15H,10-13H2,1-2H3,(H,20,24). The number of amides is 2. The molecular weight excluding hydrogens is 318 g/mol. The first-order chi connectivity index (χ1) is 12.0. The van der Waals surface area contributed by atoms with Crippen LogP contribution in [0.1, 0.15) is 17.7 Å². The van der Waals surface area contributed by atoms with Gasteiger partial charge in [0, 0.05) is 39.3 Å². The molecule has 1 fully saturated rings. The van der Waals surface area contributed by atoms with Crippen molar-refractivity contribution in [1.29, 1.82) is 0 Å². The first kappa shape index (κ1) is 17.1. The van der Waals surface area contributed by atoms with Gasteiger partial charge in [-0.3, -0.25) is 9.59 Å². The highest BCUT2D eigenvalue weighted by molar-refractivity contribution is 5.89. The number of furan rings is 1. The summed E-state index contributed by atoms with van der Waals surface area (Å²) < 4.78 is 5.27. The first-order valence-corrected chi connectivity index (χ1v) is 8.37. The van der Waals surface area contributed by atoms with Crippen LogP contribution in [0.5, 0.6) is 0 Å². The van der Waals surface area contributed by atoms with Crippen molar-refractivity contribution in [3.05, 3.63) is 54.0 Å². The van der Waals surface area contributed by atoms with Crippen LogP contribution in [0.15, 0.2) is 47.1 Å². The summed E-state index contributed by atoms with van der Waals surface area (Å²) in [7, 11) is 3.98. The molecule has 1 atom stereocenters. The van der Waals surface area contributed by atoms with Crippen molar-refractivity contribution in [3.63, 3.8) is 0 Å². The molecule has 0 aliphatic carbocycles. The molecule has 0 radical (unpaired) electrons. The molecule has 3 rings (SSSR count). The smallest absolute Gasteiger partial charge is 0.225 e. The maximum Gasteiger partial charge on any atom is 0.225 e. The van der Waals surface area contributed by atoms with Gasteiger partial charge in [0.2, 0.25) is 11.8 Å². The number of anilines is 1. The van der Waals surface area contributed by atoms with Crippen LogP contribution in [-0.4, -0.2) is 37.4 Å². The van der Waals surface area contributed by atoms with E-state index in [9.17, 15) is 9.59 Å². The molecule has 1 aromatic heterocycles. The second-order valence-electron chi connectivity index (χ2n) is 6.53. The Kier molecular flexibility index (Phi) is 5.07. The molecule has 1 aliphatic rings. The molecule has 0 spiro atoms. The summed E-state index contributed by atoms with van der Waals surface area (Å²) in [5.41, 5.74) is 2.15. The Hall–Kier alpha value is -2.76. The normalized spacial score (nSPS) is 17.0. The third kappa shape index (κ3) is 4.21. The summed E-state index contributed by atoms with van der Waals surface area (Å²) >= 11 is 0. The zero-order valence-corrected chi connectivity index (χ0v) is 14.6. The van der Waals surface area contributed by atoms with Crippen molar-refractivity contribution in [2.75, 3.05) is 25.5 Å². The minimum absolute atomic E-state index is 0.00751. The largest absolute Gasteiger partial charge is 0.467 e. The van der Waals surface area contributed by atoms with Gasteiger partial charge in [-0.05, 0) is 29.8 Å². The zero-order valence-electron chi connectivity index (χ0n) is 14.6. The molecule has 6 heteroatoms. The van der Waals surface area contributed by atoms with E-state index in [0.717, 1.165) is 17.0 Å². The van der Waals surface area contributed by atoms with E-state index >= 15 is 0 Å². The van der Waals surface area contributed by atoms with E-state index in [1.165, 1.54) is 0 Å². The Labute approximate surface area is 147 Å². The van der Waals surface area contributed by atoms with Gasteiger partial charge in [0.1, 0.15) is 5.76 Å². The Balaban J connectivity index is 1.50. The van der Waals surface area contributed by atoms with E-state index in [2.05, 4.69) is 5.32 Å². The van der Waals surface area contributed by atoms with Gasteiger partial charge in [0.25, 0.3) is 0 Å². The molecular formula is C19H23N3O3. The van der Waals surface area contributed by atoms with E-state index in [4.69, 9.17) is 4.42 Å². The van der Waals surface area contributed by atoms with E-state index < -0.39 is 0 Å². The maximum atomic E-state index is 12.4. The summed E-state index contributed by atoms with van der Waals surface area (Å²) in [4.78, 5) is 28.2. The molecule has 25 heavy (non-hydrogen) atoms. The number of nitrogens with zero attached hydrogens (tertiary/aromatic N) is 2. The molecule has 1 aromatic carbocycles. The predicted molar refractivity (Wildman–Crippen MR) is 94.8 cm³/mol. The SMILES string of the molecule is CN(C)c1ccc(CNC(=O)C2CC(=O)N(Cc3ccco3)C2)cc1. The summed E-state index contributed by atoms with van der Waals surface area (Å²) in [5, 5.41) is 2.93. The molecule has 0 bridgehead atoms. The van der Waals surface area contributed by atoms with Crippen LogP contribution in [0.25, 0.3) is 0 Å². The monoisotopic (exact) mass is 341 g/mol. The highest BCUT2D eigenvalue weighted by Crippen LogP contribution is 2.21. The van der Waals surface area contributed by atoms with E-state index in [-0.39, 0.29) is 24.2 Å². The van der Waals surface area contributed by atoms with Crippen LogP contribution in [0.3, 0.4) is 0 Å². The third-order valence-electron chi connectivity index (χ3n) is 4.43. The maximum absolute atomic E-state index is 12.4. The van der Waals surface area contributed by atoms with Crippen molar-refractivity contribution in [2.24, 2.45) is 5.92 Å². The quantitative estimate of drug-likeness (QED) is 0.873. The molecule has 6 nitrogen and oxygen atoms in total. The van der Waals surface area contributed by atoms with Crippen LogP contribution >= 0.6 is 0 Å². The highest BCUT2D eigenvalue weighted by Gasteiger charge is 2.34. The minimum Gasteiger partial charge on any atom is -0.467 e. The van der Waals surface area contributed by atoms with Gasteiger partial charge >= 0.3 is 0 Å². The number of nitrogens with one attached hydrogen (secondary N) is 1. The van der Waals surface area contributed by atoms with Crippen LogP contribution in [0.4, 0.5) is 5.69 Å². The lowest BCUT2D eigenvalue weighted by atomic mass is 10.1. The topological polar surface area (TPSA) is 65.8 Å². The second-order valence-corrected chi connectivity index (χ2v) is 6.53. The van der Waals surface area contributed by atoms with Crippen LogP contribution in [0.2, 0.25) is 0 Å². The molecule has 132 valence electrons. The molecule has 0 saturated carbocycles. The summed E-state index contributed by atoms with van der Waals surface area (Å²) in [6.07, 6.45) is 1.84. The van der Waals surface area contributed by atoms with E-state index in [0.29, 0.717) is 19.6 Å². The van der Waals surface area contributed by atoms with Gasteiger partial charge in [-0.15, -0.1) is 0 Å². The average Bonchev–Trinajstić information content (AvgIpc) is 3.24. The van der Waals surface area contributed by atoms with Crippen molar-refractivity contribution >= 4 is 17.5 Å². The van der Waals surface area contributed by atoms with Crippen molar-refractivity contribution in [2.45, 2.75) is 19.5 Å². The fraction of sp³-hybridized carbons (Fsp3) is 0.368. The highest BCUT2D eigenvalue weighted by atomic mass is 16.3. The van der Waals surface area contributed by atoms with Gasteiger partial charge in [-0.25, -0.2) is 0 Å². The number of likely N-dealkylation sites (tertiary alicyclic amines) is 1. The molecule has 2 aromatic rings. The molecule has 1 unspecified atom stereocenters. The molecule has 1 saturated heterocycles. The Bertz CT molecular complexity index is 723. The lowest BCUT2D eigenvalue weighted by Gasteiger charge is -2.15. The number of carbonyl (C=O) groups excluding carboxylic acids is 2. The predicted octanol–water partition coefficient (Wildman–Crippen LogP) is 2.01. The van der Waals surface area contributed by atoms with Crippen molar-refractivity contribution < 1.29 is 14.0 Å². The number of carbonyl (C=O) groups is 2. The number of hydrogen-bond acceptors (Lipinski definition) is 4. The fourth-order valence-corrected chi connectivity index (χ4v) is 2.94. The molecule has 2 heterocycles. The summed E-state index contributed by atoms with van der Waals surface area (Å²) in [6.45, 7) is 1.32. The van der Waals surface area contributed by atoms with Crippen LogP contribution in [0, 0.1) is 5.92 Å². The molecule has 1 N–H and O–H groups in total. The fourth-order valence-electron chi connectivity index (χ4n) is 2.94. The second kappa shape index (κ2) is 7.42. The van der Waals surface area contributed by atoms with Crippen LogP contribution in [-0.2, 0) is 22.7 Å². The van der Waals surface area contributed by atoms with Gasteiger partial charge in [0.15, 0.2) is 0 Å². The van der Waals surface area contributed by atoms with Gasteiger partial charge in [-0.1, -0.05) is 12.1 Å².